The molecule has 3 heterocycles. The summed E-state index contributed by atoms with van der Waals surface area (Å²) in [5.41, 5.74) is 6.63. The number of nitrogens with one attached hydrogen (secondary N) is 1. The zero-order valence-electron chi connectivity index (χ0n) is 18.0. The number of aryl methyl sites for hydroxylation is 1. The van der Waals surface area contributed by atoms with Crippen molar-refractivity contribution in [3.8, 4) is 5.69 Å². The number of rotatable bonds is 3. The van der Waals surface area contributed by atoms with Crippen LogP contribution in [0.1, 0.15) is 54.8 Å². The summed E-state index contributed by atoms with van der Waals surface area (Å²) in [7, 11) is 0. The number of aromatic nitrogens is 3. The fourth-order valence-electron chi connectivity index (χ4n) is 4.18. The maximum atomic E-state index is 12.7. The summed E-state index contributed by atoms with van der Waals surface area (Å²) in [5.74, 6) is 0.779. The molecule has 0 saturated heterocycles. The minimum absolute atomic E-state index is 0.0133. The van der Waals surface area contributed by atoms with E-state index in [1.807, 2.05) is 6.07 Å². The molecule has 5 nitrogen and oxygen atoms in total. The van der Waals surface area contributed by atoms with Gasteiger partial charge in [0.25, 0.3) is 5.56 Å². The Morgan fingerprint density at radius 2 is 1.86 bits per heavy atom. The summed E-state index contributed by atoms with van der Waals surface area (Å²) in [6.45, 7) is 13.0. The van der Waals surface area contributed by atoms with Gasteiger partial charge in [-0.05, 0) is 37.6 Å². The minimum atomic E-state index is -0.152. The predicted molar refractivity (Wildman–Crippen MR) is 117 cm³/mol. The van der Waals surface area contributed by atoms with Crippen molar-refractivity contribution in [2.75, 3.05) is 6.54 Å². The summed E-state index contributed by atoms with van der Waals surface area (Å²) < 4.78 is 2.30. The summed E-state index contributed by atoms with van der Waals surface area (Å²) in [6, 6.07) is 12.7. The summed E-state index contributed by atoms with van der Waals surface area (Å²) >= 11 is 0. The van der Waals surface area contributed by atoms with Crippen LogP contribution in [0, 0.1) is 13.8 Å². The second kappa shape index (κ2) is 7.30. The largest absolute Gasteiger partial charge is 0.318 e. The highest BCUT2D eigenvalue weighted by Gasteiger charge is 2.25. The molecule has 5 heteroatoms. The lowest BCUT2D eigenvalue weighted by Gasteiger charge is -2.29. The average molecular weight is 391 g/mol. The fourth-order valence-corrected chi connectivity index (χ4v) is 4.18. The standard InChI is InChI=1S/C24H30N4O/c1-16-13-18(17(2)28(16)19-9-7-6-8-10-19)14-27-12-11-21-20(15-27)22(29)26-23(25-21)24(3,4)5/h6-10,13H,11-12,14-15H2,1-5H3,(H,25,26,29). The second-order valence-corrected chi connectivity index (χ2v) is 9.12. The Bertz CT molecular complexity index is 1090. The predicted octanol–water partition coefficient (Wildman–Crippen LogP) is 4.03. The van der Waals surface area contributed by atoms with Crippen LogP contribution in [0.25, 0.3) is 5.69 Å². The van der Waals surface area contributed by atoms with Crippen molar-refractivity contribution in [2.24, 2.45) is 0 Å². The first-order valence-corrected chi connectivity index (χ1v) is 10.3. The van der Waals surface area contributed by atoms with Crippen LogP contribution in [-0.2, 0) is 24.9 Å². The molecule has 0 bridgehead atoms. The first-order valence-electron chi connectivity index (χ1n) is 10.3. The fraction of sp³-hybridized carbons (Fsp3) is 0.417. The van der Waals surface area contributed by atoms with E-state index in [1.54, 1.807) is 0 Å². The SMILES string of the molecule is Cc1cc(CN2CCc3nc(C(C)(C)C)[nH]c(=O)c3C2)c(C)n1-c1ccccc1. The molecule has 4 rings (SSSR count). The molecule has 0 aliphatic carbocycles. The Labute approximate surface area is 172 Å². The van der Waals surface area contributed by atoms with Crippen LogP contribution in [0.2, 0.25) is 0 Å². The van der Waals surface area contributed by atoms with Gasteiger partial charge in [-0.1, -0.05) is 39.0 Å². The van der Waals surface area contributed by atoms with Gasteiger partial charge in [-0.3, -0.25) is 9.69 Å². The van der Waals surface area contributed by atoms with E-state index in [-0.39, 0.29) is 11.0 Å². The third-order valence-corrected chi connectivity index (χ3v) is 5.80. The van der Waals surface area contributed by atoms with Crippen LogP contribution in [0.15, 0.2) is 41.2 Å². The zero-order chi connectivity index (χ0) is 20.8. The van der Waals surface area contributed by atoms with Crippen molar-refractivity contribution in [2.45, 2.75) is 59.5 Å². The molecule has 0 spiro atoms. The Balaban J connectivity index is 1.58. The highest BCUT2D eigenvalue weighted by Crippen LogP contribution is 2.25. The van der Waals surface area contributed by atoms with Crippen LogP contribution in [0.4, 0.5) is 0 Å². The summed E-state index contributed by atoms with van der Waals surface area (Å²) in [5, 5.41) is 0. The van der Waals surface area contributed by atoms with Crippen molar-refractivity contribution in [1.29, 1.82) is 0 Å². The van der Waals surface area contributed by atoms with Crippen molar-refractivity contribution < 1.29 is 0 Å². The Morgan fingerprint density at radius 1 is 1.14 bits per heavy atom. The molecular formula is C24H30N4O. The molecule has 0 amide bonds. The number of hydrogen-bond acceptors (Lipinski definition) is 3. The molecule has 3 aromatic rings. The van der Waals surface area contributed by atoms with Gasteiger partial charge in [-0.2, -0.15) is 0 Å². The van der Waals surface area contributed by atoms with Crippen LogP contribution in [0.5, 0.6) is 0 Å². The van der Waals surface area contributed by atoms with Gasteiger partial charge in [0.2, 0.25) is 0 Å². The lowest BCUT2D eigenvalue weighted by molar-refractivity contribution is 0.240. The van der Waals surface area contributed by atoms with Crippen molar-refractivity contribution in [3.05, 3.63) is 80.8 Å². The van der Waals surface area contributed by atoms with Crippen molar-refractivity contribution >= 4 is 0 Å². The molecule has 0 atom stereocenters. The molecule has 152 valence electrons. The van der Waals surface area contributed by atoms with Gasteiger partial charge in [-0.15, -0.1) is 0 Å². The lowest BCUT2D eigenvalue weighted by atomic mass is 9.95. The summed E-state index contributed by atoms with van der Waals surface area (Å²) in [4.78, 5) is 22.9. The molecule has 0 saturated carbocycles. The highest BCUT2D eigenvalue weighted by molar-refractivity contribution is 5.41. The van der Waals surface area contributed by atoms with Crippen LogP contribution >= 0.6 is 0 Å². The maximum absolute atomic E-state index is 12.7. The molecule has 1 aliphatic rings. The topological polar surface area (TPSA) is 53.9 Å². The number of aromatic amines is 1. The Morgan fingerprint density at radius 3 is 2.55 bits per heavy atom. The molecule has 0 unspecified atom stereocenters. The van der Waals surface area contributed by atoms with Gasteiger partial charge in [0.1, 0.15) is 5.82 Å². The van der Waals surface area contributed by atoms with E-state index >= 15 is 0 Å². The third kappa shape index (κ3) is 3.79. The molecule has 1 N–H and O–H groups in total. The molecule has 1 aromatic carbocycles. The molecule has 0 fully saturated rings. The monoisotopic (exact) mass is 390 g/mol. The van der Waals surface area contributed by atoms with E-state index < -0.39 is 0 Å². The third-order valence-electron chi connectivity index (χ3n) is 5.80. The molecule has 2 aromatic heterocycles. The van der Waals surface area contributed by atoms with Gasteiger partial charge in [0, 0.05) is 48.5 Å². The van der Waals surface area contributed by atoms with Crippen molar-refractivity contribution in [3.63, 3.8) is 0 Å². The van der Waals surface area contributed by atoms with Crippen LogP contribution < -0.4 is 5.56 Å². The van der Waals surface area contributed by atoms with E-state index in [0.717, 1.165) is 36.6 Å². The quantitative estimate of drug-likeness (QED) is 0.734. The maximum Gasteiger partial charge on any atom is 0.255 e. The molecule has 0 radical (unpaired) electrons. The van der Waals surface area contributed by atoms with Crippen LogP contribution in [0.3, 0.4) is 0 Å². The second-order valence-electron chi connectivity index (χ2n) is 9.12. The van der Waals surface area contributed by atoms with Gasteiger partial charge in [0.05, 0.1) is 11.3 Å². The van der Waals surface area contributed by atoms with E-state index in [1.165, 1.54) is 22.6 Å². The van der Waals surface area contributed by atoms with Gasteiger partial charge < -0.3 is 9.55 Å². The highest BCUT2D eigenvalue weighted by atomic mass is 16.1. The zero-order valence-corrected chi connectivity index (χ0v) is 18.0. The minimum Gasteiger partial charge on any atom is -0.318 e. The number of H-pyrrole nitrogens is 1. The number of hydrogen-bond donors (Lipinski definition) is 1. The van der Waals surface area contributed by atoms with E-state index in [2.05, 4.69) is 79.4 Å². The number of fused-ring (bicyclic) bond motifs is 1. The Hall–Kier alpha value is -2.66. The summed E-state index contributed by atoms with van der Waals surface area (Å²) in [6.07, 6.45) is 0.819. The lowest BCUT2D eigenvalue weighted by Crippen LogP contribution is -2.37. The number of nitrogens with zero attached hydrogens (tertiary/aromatic N) is 3. The van der Waals surface area contributed by atoms with Gasteiger partial charge >= 0.3 is 0 Å². The first kappa shape index (κ1) is 19.6. The number of benzene rings is 1. The van der Waals surface area contributed by atoms with E-state index in [4.69, 9.17) is 4.98 Å². The van der Waals surface area contributed by atoms with Gasteiger partial charge in [0.15, 0.2) is 0 Å². The van der Waals surface area contributed by atoms with Crippen molar-refractivity contribution in [1.82, 2.24) is 19.4 Å². The van der Waals surface area contributed by atoms with Gasteiger partial charge in [-0.25, -0.2) is 4.98 Å². The average Bonchev–Trinajstić information content (AvgIpc) is 2.95. The molecular weight excluding hydrogens is 360 g/mol. The number of para-hydroxylation sites is 1. The molecule has 29 heavy (non-hydrogen) atoms. The van der Waals surface area contributed by atoms with E-state index in [0.29, 0.717) is 6.54 Å². The van der Waals surface area contributed by atoms with Crippen LogP contribution in [-0.4, -0.2) is 26.0 Å². The first-order chi connectivity index (χ1) is 13.7. The normalized spacial score (nSPS) is 14.8. The molecule has 1 aliphatic heterocycles. The van der Waals surface area contributed by atoms with E-state index in [9.17, 15) is 4.79 Å². The smallest absolute Gasteiger partial charge is 0.255 e. The Kier molecular flexibility index (Phi) is 4.95.